The topological polar surface area (TPSA) is 60.2 Å². The molecule has 0 aliphatic rings. The van der Waals surface area contributed by atoms with Crippen molar-refractivity contribution in [3.63, 3.8) is 0 Å². The van der Waals surface area contributed by atoms with E-state index in [1.807, 2.05) is 18.2 Å². The van der Waals surface area contributed by atoms with Gasteiger partial charge in [-0.3, -0.25) is 4.99 Å². The van der Waals surface area contributed by atoms with Gasteiger partial charge in [0.05, 0.1) is 11.6 Å². The average Bonchev–Trinajstić information content (AvgIpc) is 2.39. The van der Waals surface area contributed by atoms with Crippen LogP contribution in [-0.4, -0.2) is 19.6 Å². The number of hydrogen-bond donors (Lipinski definition) is 2. The Labute approximate surface area is 102 Å². The Hall–Kier alpha value is -2.02. The lowest BCUT2D eigenvalue weighted by Gasteiger charge is -2.11. The molecule has 0 bridgehead atoms. The van der Waals surface area contributed by atoms with Crippen LogP contribution in [-0.2, 0) is 6.54 Å². The minimum Gasteiger partial charge on any atom is -0.356 e. The van der Waals surface area contributed by atoms with E-state index in [-0.39, 0.29) is 0 Å². The second kappa shape index (κ2) is 7.29. The quantitative estimate of drug-likeness (QED) is 0.610. The monoisotopic (exact) mass is 230 g/mol. The predicted molar refractivity (Wildman–Crippen MR) is 69.6 cm³/mol. The van der Waals surface area contributed by atoms with Crippen molar-refractivity contribution in [1.29, 1.82) is 5.26 Å². The van der Waals surface area contributed by atoms with Gasteiger partial charge in [0.25, 0.3) is 0 Å². The first-order chi connectivity index (χ1) is 8.30. The maximum Gasteiger partial charge on any atom is 0.191 e. The average molecular weight is 230 g/mol. The molecule has 1 rings (SSSR count). The summed E-state index contributed by atoms with van der Waals surface area (Å²) in [7, 11) is 1.75. The summed E-state index contributed by atoms with van der Waals surface area (Å²) in [4.78, 5) is 4.11. The van der Waals surface area contributed by atoms with Crippen molar-refractivity contribution >= 4 is 5.96 Å². The van der Waals surface area contributed by atoms with E-state index in [0.29, 0.717) is 12.1 Å². The van der Waals surface area contributed by atoms with Gasteiger partial charge < -0.3 is 10.6 Å². The Bertz CT molecular complexity index is 418. The summed E-state index contributed by atoms with van der Waals surface area (Å²) >= 11 is 0. The van der Waals surface area contributed by atoms with E-state index in [9.17, 15) is 0 Å². The van der Waals surface area contributed by atoms with Gasteiger partial charge >= 0.3 is 0 Å². The highest BCUT2D eigenvalue weighted by Gasteiger charge is 1.98. The van der Waals surface area contributed by atoms with Gasteiger partial charge in [0.1, 0.15) is 0 Å². The van der Waals surface area contributed by atoms with Crippen molar-refractivity contribution in [3.8, 4) is 6.07 Å². The second-order valence-electron chi connectivity index (χ2n) is 3.66. The minimum atomic E-state index is 0.666. The predicted octanol–water partition coefficient (Wildman–Crippen LogP) is 1.63. The Balaban J connectivity index is 2.51. The molecule has 0 atom stereocenters. The highest BCUT2D eigenvalue weighted by molar-refractivity contribution is 5.79. The highest BCUT2D eigenvalue weighted by Crippen LogP contribution is 2.03. The van der Waals surface area contributed by atoms with Gasteiger partial charge in [-0.05, 0) is 24.1 Å². The molecule has 4 heteroatoms. The SMILES string of the molecule is CCCNC(=NC)NCc1cccc(C#N)c1. The fourth-order valence-corrected chi connectivity index (χ4v) is 1.40. The van der Waals surface area contributed by atoms with Gasteiger partial charge in [0.15, 0.2) is 5.96 Å². The van der Waals surface area contributed by atoms with Crippen molar-refractivity contribution in [2.45, 2.75) is 19.9 Å². The smallest absolute Gasteiger partial charge is 0.191 e. The van der Waals surface area contributed by atoms with E-state index in [2.05, 4.69) is 28.6 Å². The first-order valence-electron chi connectivity index (χ1n) is 5.73. The molecule has 0 unspecified atom stereocenters. The zero-order chi connectivity index (χ0) is 12.5. The largest absolute Gasteiger partial charge is 0.356 e. The fourth-order valence-electron chi connectivity index (χ4n) is 1.40. The molecule has 0 saturated heterocycles. The number of rotatable bonds is 4. The number of nitrogens with one attached hydrogen (secondary N) is 2. The van der Waals surface area contributed by atoms with Crippen LogP contribution in [0.1, 0.15) is 24.5 Å². The molecule has 1 aromatic rings. The molecule has 0 aliphatic heterocycles. The first-order valence-corrected chi connectivity index (χ1v) is 5.73. The van der Waals surface area contributed by atoms with Crippen LogP contribution in [0.25, 0.3) is 0 Å². The molecule has 0 aromatic heterocycles. The number of guanidine groups is 1. The Morgan fingerprint density at radius 2 is 2.24 bits per heavy atom. The van der Waals surface area contributed by atoms with Crippen molar-refractivity contribution < 1.29 is 0 Å². The van der Waals surface area contributed by atoms with Crippen LogP contribution in [0.2, 0.25) is 0 Å². The third kappa shape index (κ3) is 4.56. The van der Waals surface area contributed by atoms with Crippen LogP contribution in [0.4, 0.5) is 0 Å². The van der Waals surface area contributed by atoms with Gasteiger partial charge in [-0.2, -0.15) is 5.26 Å². The number of benzene rings is 1. The van der Waals surface area contributed by atoms with Crippen LogP contribution in [0.15, 0.2) is 29.3 Å². The van der Waals surface area contributed by atoms with Gasteiger partial charge in [0, 0.05) is 20.1 Å². The molecule has 4 nitrogen and oxygen atoms in total. The van der Waals surface area contributed by atoms with Gasteiger partial charge in [-0.15, -0.1) is 0 Å². The molecule has 0 spiro atoms. The number of nitriles is 1. The third-order valence-electron chi connectivity index (χ3n) is 2.28. The van der Waals surface area contributed by atoms with Crippen molar-refractivity contribution in [2.75, 3.05) is 13.6 Å². The summed E-state index contributed by atoms with van der Waals surface area (Å²) in [6.07, 6.45) is 1.06. The number of aliphatic imine (C=N–C) groups is 1. The van der Waals surface area contributed by atoms with Crippen LogP contribution >= 0.6 is 0 Å². The summed E-state index contributed by atoms with van der Waals surface area (Å²) in [6.45, 7) is 3.67. The van der Waals surface area contributed by atoms with Crippen molar-refractivity contribution in [3.05, 3.63) is 35.4 Å². The van der Waals surface area contributed by atoms with E-state index in [1.54, 1.807) is 13.1 Å². The van der Waals surface area contributed by atoms with Gasteiger partial charge in [0.2, 0.25) is 0 Å². The molecule has 2 N–H and O–H groups in total. The van der Waals surface area contributed by atoms with E-state index < -0.39 is 0 Å². The van der Waals surface area contributed by atoms with Gasteiger partial charge in [-0.1, -0.05) is 19.1 Å². The fraction of sp³-hybridized carbons (Fsp3) is 0.385. The van der Waals surface area contributed by atoms with Gasteiger partial charge in [-0.25, -0.2) is 0 Å². The summed E-state index contributed by atoms with van der Waals surface area (Å²) in [5.74, 6) is 0.786. The highest BCUT2D eigenvalue weighted by atomic mass is 15.2. The molecule has 17 heavy (non-hydrogen) atoms. The van der Waals surface area contributed by atoms with Crippen molar-refractivity contribution in [2.24, 2.45) is 4.99 Å². The lowest BCUT2D eigenvalue weighted by Crippen LogP contribution is -2.37. The lowest BCUT2D eigenvalue weighted by atomic mass is 10.1. The van der Waals surface area contributed by atoms with Crippen LogP contribution in [0.5, 0.6) is 0 Å². The maximum atomic E-state index is 8.80. The molecule has 0 saturated carbocycles. The van der Waals surface area contributed by atoms with E-state index >= 15 is 0 Å². The molecule has 0 amide bonds. The molecular weight excluding hydrogens is 212 g/mol. The Morgan fingerprint density at radius 1 is 1.41 bits per heavy atom. The summed E-state index contributed by atoms with van der Waals surface area (Å²) in [6, 6.07) is 9.68. The third-order valence-corrected chi connectivity index (χ3v) is 2.28. The second-order valence-corrected chi connectivity index (χ2v) is 3.66. The van der Waals surface area contributed by atoms with E-state index in [4.69, 9.17) is 5.26 Å². The number of hydrogen-bond acceptors (Lipinski definition) is 2. The molecule has 1 aromatic carbocycles. The summed E-state index contributed by atoms with van der Waals surface area (Å²) in [5, 5.41) is 15.2. The summed E-state index contributed by atoms with van der Waals surface area (Å²) < 4.78 is 0. The maximum absolute atomic E-state index is 8.80. The Kier molecular flexibility index (Phi) is 5.59. The molecule has 0 heterocycles. The van der Waals surface area contributed by atoms with Crippen LogP contribution < -0.4 is 10.6 Å². The minimum absolute atomic E-state index is 0.666. The Morgan fingerprint density at radius 3 is 2.88 bits per heavy atom. The van der Waals surface area contributed by atoms with Crippen molar-refractivity contribution in [1.82, 2.24) is 10.6 Å². The van der Waals surface area contributed by atoms with Crippen LogP contribution in [0.3, 0.4) is 0 Å². The van der Waals surface area contributed by atoms with E-state index in [0.717, 1.165) is 24.5 Å². The molecule has 0 aliphatic carbocycles. The normalized spacial score (nSPS) is 10.8. The first kappa shape index (κ1) is 13.0. The number of nitrogens with zero attached hydrogens (tertiary/aromatic N) is 2. The molecule has 0 radical (unpaired) electrons. The van der Waals surface area contributed by atoms with Crippen LogP contribution in [0, 0.1) is 11.3 Å². The molecular formula is C13H18N4. The lowest BCUT2D eigenvalue weighted by molar-refractivity contribution is 0.781. The zero-order valence-electron chi connectivity index (χ0n) is 10.3. The summed E-state index contributed by atoms with van der Waals surface area (Å²) in [5.41, 5.74) is 1.75. The van der Waals surface area contributed by atoms with E-state index in [1.165, 1.54) is 0 Å². The zero-order valence-corrected chi connectivity index (χ0v) is 10.3. The standard InChI is InChI=1S/C13H18N4/c1-3-7-16-13(15-2)17-10-12-6-4-5-11(8-12)9-14/h4-6,8H,3,7,10H2,1-2H3,(H2,15,16,17). The molecule has 0 fully saturated rings. The molecule has 90 valence electrons.